The van der Waals surface area contributed by atoms with E-state index < -0.39 is 0 Å². The van der Waals surface area contributed by atoms with Crippen LogP contribution in [0.3, 0.4) is 0 Å². The summed E-state index contributed by atoms with van der Waals surface area (Å²) in [5, 5.41) is 2.86. The maximum Gasteiger partial charge on any atom is 0.322 e. The molecule has 1 aromatic heterocycles. The predicted octanol–water partition coefficient (Wildman–Crippen LogP) is 3.70. The molecule has 3 rings (SSSR count). The van der Waals surface area contributed by atoms with E-state index in [4.69, 9.17) is 9.15 Å². The Labute approximate surface area is 146 Å². The highest BCUT2D eigenvalue weighted by Gasteiger charge is 2.23. The molecule has 0 aliphatic carbocycles. The van der Waals surface area contributed by atoms with Gasteiger partial charge >= 0.3 is 6.03 Å². The number of anilines is 1. The fourth-order valence-corrected chi connectivity index (χ4v) is 2.86. The summed E-state index contributed by atoms with van der Waals surface area (Å²) in [4.78, 5) is 25.9. The number of carbonyl (C=O) groups is 2. The second-order valence-corrected chi connectivity index (χ2v) is 6.16. The van der Waals surface area contributed by atoms with Crippen LogP contribution in [-0.2, 0) is 11.3 Å². The van der Waals surface area contributed by atoms with Crippen LogP contribution in [0.1, 0.15) is 35.9 Å². The van der Waals surface area contributed by atoms with Crippen molar-refractivity contribution in [2.24, 2.45) is 0 Å². The molecule has 1 fully saturated rings. The van der Waals surface area contributed by atoms with Crippen LogP contribution in [0.5, 0.6) is 0 Å². The van der Waals surface area contributed by atoms with Crippen molar-refractivity contribution in [3.63, 3.8) is 0 Å². The molecule has 2 aromatic rings. The maximum atomic E-state index is 12.7. The van der Waals surface area contributed by atoms with Crippen molar-refractivity contribution in [1.29, 1.82) is 0 Å². The molecule has 1 aliphatic heterocycles. The van der Waals surface area contributed by atoms with E-state index in [0.717, 1.165) is 19.4 Å². The van der Waals surface area contributed by atoms with E-state index in [9.17, 15) is 9.59 Å². The SMILES string of the molecule is CC(=O)c1cccc(NC(=O)N(Cc2ccco2)C[C@@H]2CCCO2)c1. The van der Waals surface area contributed by atoms with Gasteiger partial charge in [0.15, 0.2) is 5.78 Å². The number of urea groups is 1. The molecule has 6 heteroatoms. The van der Waals surface area contributed by atoms with Gasteiger partial charge in [0.25, 0.3) is 0 Å². The Bertz CT molecular complexity index is 721. The molecule has 2 amide bonds. The minimum absolute atomic E-state index is 0.0390. The second kappa shape index (κ2) is 7.98. The first-order valence-corrected chi connectivity index (χ1v) is 8.43. The lowest BCUT2D eigenvalue weighted by atomic mass is 10.1. The number of nitrogens with one attached hydrogen (secondary N) is 1. The average molecular weight is 342 g/mol. The summed E-state index contributed by atoms with van der Waals surface area (Å²) in [7, 11) is 0. The molecule has 1 saturated heterocycles. The summed E-state index contributed by atoms with van der Waals surface area (Å²) in [6.45, 7) is 3.10. The predicted molar refractivity (Wildman–Crippen MR) is 93.6 cm³/mol. The summed E-state index contributed by atoms with van der Waals surface area (Å²) >= 11 is 0. The Balaban J connectivity index is 1.71. The Morgan fingerprint density at radius 2 is 2.16 bits per heavy atom. The lowest BCUT2D eigenvalue weighted by Crippen LogP contribution is -2.39. The van der Waals surface area contributed by atoms with Crippen LogP contribution in [0.25, 0.3) is 0 Å². The molecule has 132 valence electrons. The van der Waals surface area contributed by atoms with Gasteiger partial charge in [-0.1, -0.05) is 12.1 Å². The second-order valence-electron chi connectivity index (χ2n) is 6.16. The summed E-state index contributed by atoms with van der Waals surface area (Å²) in [5.74, 6) is 0.675. The van der Waals surface area contributed by atoms with Gasteiger partial charge in [-0.15, -0.1) is 0 Å². The fraction of sp³-hybridized carbons (Fsp3) is 0.368. The van der Waals surface area contributed by atoms with E-state index in [-0.39, 0.29) is 17.9 Å². The third-order valence-corrected chi connectivity index (χ3v) is 4.18. The van der Waals surface area contributed by atoms with E-state index in [1.807, 2.05) is 6.07 Å². The molecule has 0 spiro atoms. The highest BCUT2D eigenvalue weighted by molar-refractivity contribution is 5.96. The largest absolute Gasteiger partial charge is 0.467 e. The quantitative estimate of drug-likeness (QED) is 0.813. The fourth-order valence-electron chi connectivity index (χ4n) is 2.86. The number of hydrogen-bond acceptors (Lipinski definition) is 4. The van der Waals surface area contributed by atoms with Gasteiger partial charge in [0, 0.05) is 24.4 Å². The minimum Gasteiger partial charge on any atom is -0.467 e. The molecule has 0 saturated carbocycles. The monoisotopic (exact) mass is 342 g/mol. The normalized spacial score (nSPS) is 16.6. The minimum atomic E-state index is -0.243. The number of ether oxygens (including phenoxy) is 1. The zero-order valence-electron chi connectivity index (χ0n) is 14.2. The van der Waals surface area contributed by atoms with Gasteiger partial charge < -0.3 is 19.4 Å². The number of amides is 2. The molecule has 0 radical (unpaired) electrons. The van der Waals surface area contributed by atoms with Gasteiger partial charge in [-0.05, 0) is 44.0 Å². The number of hydrogen-bond donors (Lipinski definition) is 1. The number of nitrogens with zero attached hydrogens (tertiary/aromatic N) is 1. The van der Waals surface area contributed by atoms with Gasteiger partial charge in [0.2, 0.25) is 0 Å². The van der Waals surface area contributed by atoms with E-state index in [1.165, 1.54) is 6.92 Å². The van der Waals surface area contributed by atoms with Crippen LogP contribution in [0.4, 0.5) is 10.5 Å². The molecule has 6 nitrogen and oxygen atoms in total. The van der Waals surface area contributed by atoms with Crippen LogP contribution in [0.2, 0.25) is 0 Å². The Morgan fingerprint density at radius 1 is 1.28 bits per heavy atom. The van der Waals surface area contributed by atoms with Crippen molar-refractivity contribution in [3.05, 3.63) is 54.0 Å². The molecule has 2 heterocycles. The number of rotatable bonds is 6. The topological polar surface area (TPSA) is 71.8 Å². The van der Waals surface area contributed by atoms with Crippen molar-refractivity contribution < 1.29 is 18.7 Å². The average Bonchev–Trinajstić information content (AvgIpc) is 3.28. The highest BCUT2D eigenvalue weighted by Crippen LogP contribution is 2.17. The summed E-state index contributed by atoms with van der Waals surface area (Å²) in [6.07, 6.45) is 3.60. The lowest BCUT2D eigenvalue weighted by molar-refractivity contribution is 0.0803. The lowest BCUT2D eigenvalue weighted by Gasteiger charge is -2.25. The van der Waals surface area contributed by atoms with Gasteiger partial charge in [0.05, 0.1) is 18.9 Å². The van der Waals surface area contributed by atoms with Crippen LogP contribution in [0.15, 0.2) is 47.1 Å². The standard InChI is InChI=1S/C19H22N2O4/c1-14(22)15-5-2-6-16(11-15)20-19(23)21(12-17-7-3-9-24-17)13-18-8-4-10-25-18/h2-3,5-7,9,11,18H,4,8,10,12-13H2,1H3,(H,20,23)/t18-/m0/s1. The first-order valence-electron chi connectivity index (χ1n) is 8.43. The van der Waals surface area contributed by atoms with Crippen molar-refractivity contribution in [2.45, 2.75) is 32.4 Å². The highest BCUT2D eigenvalue weighted by atomic mass is 16.5. The molecule has 0 unspecified atom stereocenters. The van der Waals surface area contributed by atoms with Crippen LogP contribution >= 0.6 is 0 Å². The molecular formula is C19H22N2O4. The number of Topliss-reactive ketones (excluding diaryl/α,β-unsaturated/α-hetero) is 1. The van der Waals surface area contributed by atoms with Gasteiger partial charge in [-0.2, -0.15) is 0 Å². The number of benzene rings is 1. The third kappa shape index (κ3) is 4.70. The van der Waals surface area contributed by atoms with Crippen LogP contribution < -0.4 is 5.32 Å². The van der Waals surface area contributed by atoms with Crippen molar-refractivity contribution in [2.75, 3.05) is 18.5 Å². The molecule has 25 heavy (non-hydrogen) atoms. The van der Waals surface area contributed by atoms with Crippen LogP contribution in [-0.4, -0.2) is 36.0 Å². The maximum absolute atomic E-state index is 12.7. The number of furan rings is 1. The van der Waals surface area contributed by atoms with Crippen LogP contribution in [0, 0.1) is 0 Å². The molecule has 0 bridgehead atoms. The summed E-state index contributed by atoms with van der Waals surface area (Å²) in [5.41, 5.74) is 1.16. The van der Waals surface area contributed by atoms with Gasteiger partial charge in [-0.25, -0.2) is 4.79 Å². The summed E-state index contributed by atoms with van der Waals surface area (Å²) < 4.78 is 11.0. The van der Waals surface area contributed by atoms with Crippen molar-refractivity contribution in [1.82, 2.24) is 4.90 Å². The number of ketones is 1. The Hall–Kier alpha value is -2.60. The molecule has 1 atom stereocenters. The molecule has 1 aromatic carbocycles. The molecule has 1 N–H and O–H groups in total. The zero-order valence-corrected chi connectivity index (χ0v) is 14.2. The number of carbonyl (C=O) groups excluding carboxylic acids is 2. The summed E-state index contributed by atoms with van der Waals surface area (Å²) in [6, 6.07) is 10.3. The smallest absolute Gasteiger partial charge is 0.322 e. The van der Waals surface area contributed by atoms with E-state index >= 15 is 0 Å². The third-order valence-electron chi connectivity index (χ3n) is 4.18. The zero-order chi connectivity index (χ0) is 17.6. The Kier molecular flexibility index (Phi) is 5.50. The van der Waals surface area contributed by atoms with Crippen molar-refractivity contribution in [3.8, 4) is 0 Å². The van der Waals surface area contributed by atoms with Gasteiger partial charge in [0.1, 0.15) is 5.76 Å². The first kappa shape index (κ1) is 17.2. The van der Waals surface area contributed by atoms with Crippen molar-refractivity contribution >= 4 is 17.5 Å². The molecular weight excluding hydrogens is 320 g/mol. The molecule has 1 aliphatic rings. The van der Waals surface area contributed by atoms with E-state index in [2.05, 4.69) is 5.32 Å². The van der Waals surface area contributed by atoms with Gasteiger partial charge in [-0.3, -0.25) is 4.79 Å². The Morgan fingerprint density at radius 3 is 2.84 bits per heavy atom. The van der Waals surface area contributed by atoms with E-state index in [0.29, 0.717) is 30.1 Å². The van der Waals surface area contributed by atoms with E-state index in [1.54, 1.807) is 41.5 Å². The first-order chi connectivity index (χ1) is 12.1.